The largest absolute Gasteiger partial charge is 0.495 e. The van der Waals surface area contributed by atoms with Gasteiger partial charge < -0.3 is 15.4 Å². The van der Waals surface area contributed by atoms with Gasteiger partial charge in [-0.2, -0.15) is 0 Å². The lowest BCUT2D eigenvalue weighted by atomic mass is 10.2. The van der Waals surface area contributed by atoms with Crippen LogP contribution in [-0.4, -0.2) is 18.1 Å². The van der Waals surface area contributed by atoms with Crippen LogP contribution in [0, 0.1) is 0 Å². The quantitative estimate of drug-likeness (QED) is 0.620. The number of hydrogen-bond donors (Lipinski definition) is 2. The molecule has 0 unspecified atom stereocenters. The molecule has 6 heteroatoms. The lowest BCUT2D eigenvalue weighted by Gasteiger charge is -2.13. The van der Waals surface area contributed by atoms with Crippen LogP contribution in [-0.2, 0) is 4.79 Å². The second kappa shape index (κ2) is 8.76. The summed E-state index contributed by atoms with van der Waals surface area (Å²) < 4.78 is 5.19. The first-order valence-corrected chi connectivity index (χ1v) is 7.29. The van der Waals surface area contributed by atoms with Crippen molar-refractivity contribution in [2.45, 2.75) is 32.6 Å². The molecule has 110 valence electrons. The van der Waals surface area contributed by atoms with Crippen molar-refractivity contribution in [3.63, 3.8) is 0 Å². The van der Waals surface area contributed by atoms with E-state index in [1.165, 1.54) is 0 Å². The lowest BCUT2D eigenvalue weighted by molar-refractivity contribution is -0.119. The van der Waals surface area contributed by atoms with Gasteiger partial charge in [0, 0.05) is 11.4 Å². The van der Waals surface area contributed by atoms with E-state index in [1.54, 1.807) is 25.3 Å². The number of nitrogens with one attached hydrogen (secondary N) is 2. The Morgan fingerprint density at radius 3 is 2.80 bits per heavy atom. The number of ether oxygens (including phenoxy) is 1. The van der Waals surface area contributed by atoms with Gasteiger partial charge >= 0.3 is 0 Å². The van der Waals surface area contributed by atoms with E-state index in [0.29, 0.717) is 22.9 Å². The number of methoxy groups -OCH3 is 1. The van der Waals surface area contributed by atoms with Crippen molar-refractivity contribution in [2.75, 3.05) is 12.4 Å². The van der Waals surface area contributed by atoms with Crippen LogP contribution in [0.3, 0.4) is 0 Å². The smallest absolute Gasteiger partial charge is 0.226 e. The van der Waals surface area contributed by atoms with Gasteiger partial charge in [0.15, 0.2) is 5.11 Å². The number of thiocarbonyl (C=S) groups is 1. The molecule has 0 aromatic heterocycles. The zero-order chi connectivity index (χ0) is 15.0. The first-order chi connectivity index (χ1) is 9.56. The van der Waals surface area contributed by atoms with Crippen LogP contribution >= 0.6 is 23.8 Å². The molecule has 2 N–H and O–H groups in total. The molecule has 1 aromatic rings. The fourth-order valence-electron chi connectivity index (χ4n) is 1.66. The van der Waals surface area contributed by atoms with Gasteiger partial charge in [-0.25, -0.2) is 0 Å². The van der Waals surface area contributed by atoms with Crippen LogP contribution in [0.15, 0.2) is 18.2 Å². The highest BCUT2D eigenvalue weighted by Gasteiger charge is 2.08. The molecule has 20 heavy (non-hydrogen) atoms. The molecule has 0 saturated carbocycles. The number of unbranched alkanes of at least 4 members (excludes halogenated alkanes) is 2. The molecule has 0 saturated heterocycles. The third-order valence-corrected chi connectivity index (χ3v) is 3.11. The Morgan fingerprint density at radius 1 is 1.40 bits per heavy atom. The minimum absolute atomic E-state index is 0.0862. The van der Waals surface area contributed by atoms with Crippen LogP contribution in [0.2, 0.25) is 5.02 Å². The van der Waals surface area contributed by atoms with Crippen molar-refractivity contribution in [3.05, 3.63) is 23.2 Å². The molecule has 0 atom stereocenters. The number of amides is 1. The maximum absolute atomic E-state index is 11.6. The Hall–Kier alpha value is -1.33. The fourth-order valence-corrected chi connectivity index (χ4v) is 2.05. The van der Waals surface area contributed by atoms with Gasteiger partial charge in [0.2, 0.25) is 5.91 Å². The van der Waals surface area contributed by atoms with Gasteiger partial charge in [-0.3, -0.25) is 4.79 Å². The molecule has 0 bridgehead atoms. The third-order valence-electron chi connectivity index (χ3n) is 2.67. The topological polar surface area (TPSA) is 50.4 Å². The summed E-state index contributed by atoms with van der Waals surface area (Å²) in [6.07, 6.45) is 3.46. The molecule has 0 aliphatic heterocycles. The van der Waals surface area contributed by atoms with Crippen molar-refractivity contribution < 1.29 is 9.53 Å². The van der Waals surface area contributed by atoms with Gasteiger partial charge in [0.05, 0.1) is 12.8 Å². The van der Waals surface area contributed by atoms with Crippen molar-refractivity contribution >= 4 is 40.5 Å². The van der Waals surface area contributed by atoms with Crippen molar-refractivity contribution in [2.24, 2.45) is 0 Å². The van der Waals surface area contributed by atoms with Gasteiger partial charge in [-0.1, -0.05) is 31.4 Å². The molecule has 1 rings (SSSR count). The summed E-state index contributed by atoms with van der Waals surface area (Å²) >= 11 is 11.0. The van der Waals surface area contributed by atoms with E-state index in [0.717, 1.165) is 19.3 Å². The molecule has 1 aromatic carbocycles. The standard InChI is InChI=1S/C14H19ClN2O2S/c1-3-4-5-6-13(18)17-14(20)16-11-9-10(15)7-8-12(11)19-2/h7-9H,3-6H2,1-2H3,(H2,16,17,18,20). The molecule has 4 nitrogen and oxygen atoms in total. The highest BCUT2D eigenvalue weighted by atomic mass is 35.5. The first-order valence-electron chi connectivity index (χ1n) is 6.51. The average Bonchev–Trinajstić information content (AvgIpc) is 2.39. The van der Waals surface area contributed by atoms with E-state index in [4.69, 9.17) is 28.6 Å². The summed E-state index contributed by atoms with van der Waals surface area (Å²) in [4.78, 5) is 11.6. The van der Waals surface area contributed by atoms with Gasteiger partial charge in [0.25, 0.3) is 0 Å². The van der Waals surface area contributed by atoms with Crippen LogP contribution in [0.5, 0.6) is 5.75 Å². The molecule has 0 fully saturated rings. The summed E-state index contributed by atoms with van der Waals surface area (Å²) in [6, 6.07) is 5.14. The molecule has 1 amide bonds. The maximum atomic E-state index is 11.6. The fraction of sp³-hybridized carbons (Fsp3) is 0.429. The van der Waals surface area contributed by atoms with E-state index < -0.39 is 0 Å². The first kappa shape index (κ1) is 16.7. The predicted octanol–water partition coefficient (Wildman–Crippen LogP) is 3.74. The number of rotatable bonds is 6. The Kier molecular flexibility index (Phi) is 7.33. The minimum Gasteiger partial charge on any atom is -0.495 e. The Morgan fingerprint density at radius 2 is 2.15 bits per heavy atom. The summed E-state index contributed by atoms with van der Waals surface area (Å²) in [5, 5.41) is 6.36. The number of benzene rings is 1. The van der Waals surface area contributed by atoms with Crippen molar-refractivity contribution in [3.8, 4) is 5.75 Å². The van der Waals surface area contributed by atoms with Gasteiger partial charge in [-0.05, 0) is 36.8 Å². The molecular weight excluding hydrogens is 296 g/mol. The second-order valence-electron chi connectivity index (χ2n) is 4.30. The highest BCUT2D eigenvalue weighted by Crippen LogP contribution is 2.27. The number of carbonyl (C=O) groups is 1. The predicted molar refractivity (Wildman–Crippen MR) is 86.5 cm³/mol. The SMILES string of the molecule is CCCCCC(=O)NC(=S)Nc1cc(Cl)ccc1OC. The number of carbonyl (C=O) groups excluding carboxylic acids is 1. The Bertz CT molecular complexity index is 480. The van der Waals surface area contributed by atoms with E-state index in [2.05, 4.69) is 17.6 Å². The molecular formula is C14H19ClN2O2S. The van der Waals surface area contributed by atoms with Crippen molar-refractivity contribution in [1.82, 2.24) is 5.32 Å². The number of anilines is 1. The summed E-state index contributed by atoms with van der Waals surface area (Å²) in [6.45, 7) is 2.09. The minimum atomic E-state index is -0.0862. The van der Waals surface area contributed by atoms with E-state index in [-0.39, 0.29) is 11.0 Å². The summed E-state index contributed by atoms with van der Waals surface area (Å²) in [5.74, 6) is 0.522. The van der Waals surface area contributed by atoms with Crippen LogP contribution in [0.25, 0.3) is 0 Å². The monoisotopic (exact) mass is 314 g/mol. The van der Waals surface area contributed by atoms with Crippen LogP contribution in [0.1, 0.15) is 32.6 Å². The van der Waals surface area contributed by atoms with E-state index in [1.807, 2.05) is 0 Å². The number of hydrogen-bond acceptors (Lipinski definition) is 3. The summed E-state index contributed by atoms with van der Waals surface area (Å²) in [5.41, 5.74) is 0.624. The van der Waals surface area contributed by atoms with Gasteiger partial charge in [0.1, 0.15) is 5.75 Å². The molecule has 0 spiro atoms. The highest BCUT2D eigenvalue weighted by molar-refractivity contribution is 7.80. The van der Waals surface area contributed by atoms with Gasteiger partial charge in [-0.15, -0.1) is 0 Å². The molecule has 0 radical (unpaired) electrons. The van der Waals surface area contributed by atoms with E-state index in [9.17, 15) is 4.79 Å². The van der Waals surface area contributed by atoms with E-state index >= 15 is 0 Å². The maximum Gasteiger partial charge on any atom is 0.226 e. The second-order valence-corrected chi connectivity index (χ2v) is 5.15. The molecule has 0 aliphatic rings. The zero-order valence-corrected chi connectivity index (χ0v) is 13.2. The number of halogens is 1. The molecule has 0 heterocycles. The zero-order valence-electron chi connectivity index (χ0n) is 11.7. The third kappa shape index (κ3) is 5.75. The Balaban J connectivity index is 2.53. The van der Waals surface area contributed by atoms with Crippen molar-refractivity contribution in [1.29, 1.82) is 0 Å². The normalized spacial score (nSPS) is 9.95. The summed E-state index contributed by atoms with van der Waals surface area (Å²) in [7, 11) is 1.56. The average molecular weight is 315 g/mol. The van der Waals surface area contributed by atoms with Crippen LogP contribution < -0.4 is 15.4 Å². The van der Waals surface area contributed by atoms with Crippen LogP contribution in [0.4, 0.5) is 5.69 Å². The Labute approximate surface area is 129 Å². The lowest BCUT2D eigenvalue weighted by Crippen LogP contribution is -2.34. The molecule has 0 aliphatic carbocycles.